The molecule has 1 N–H and O–H groups in total. The molecule has 5 nitrogen and oxygen atoms in total. The summed E-state index contributed by atoms with van der Waals surface area (Å²) in [6.07, 6.45) is 0.883. The summed E-state index contributed by atoms with van der Waals surface area (Å²) in [6.45, 7) is 2.05. The van der Waals surface area contributed by atoms with Gasteiger partial charge in [0, 0.05) is 5.69 Å². The van der Waals surface area contributed by atoms with Crippen molar-refractivity contribution >= 4 is 28.8 Å². The van der Waals surface area contributed by atoms with Gasteiger partial charge in [-0.15, -0.1) is 0 Å². The molecule has 2 amide bonds. The van der Waals surface area contributed by atoms with Crippen molar-refractivity contribution in [2.24, 2.45) is 0 Å². The van der Waals surface area contributed by atoms with Crippen molar-refractivity contribution in [2.45, 2.75) is 13.3 Å². The second kappa shape index (κ2) is 8.25. The van der Waals surface area contributed by atoms with E-state index in [0.29, 0.717) is 22.5 Å². The minimum atomic E-state index is -0.520. The van der Waals surface area contributed by atoms with Gasteiger partial charge in [-0.3, -0.25) is 9.59 Å². The minimum absolute atomic E-state index is 0.116. The van der Waals surface area contributed by atoms with Gasteiger partial charge in [0.2, 0.25) is 0 Å². The number of hydrogen-bond acceptors (Lipinski definition) is 4. The summed E-state index contributed by atoms with van der Waals surface area (Å²) >= 11 is 0. The quantitative estimate of drug-likeness (QED) is 0.620. The first-order chi connectivity index (χ1) is 15.0. The number of anilines is 2. The van der Waals surface area contributed by atoms with Crippen molar-refractivity contribution in [3.63, 3.8) is 0 Å². The molecule has 0 saturated heterocycles. The number of carbonyl (C=O) groups excluding carboxylic acids is 2. The molecule has 4 rings (SSSR count). The molecule has 0 aliphatic carbocycles. The van der Waals surface area contributed by atoms with Crippen LogP contribution in [-0.4, -0.2) is 11.8 Å². The predicted molar refractivity (Wildman–Crippen MR) is 116 cm³/mol. The highest BCUT2D eigenvalue weighted by molar-refractivity contribution is 6.46. The number of carbonyl (C=O) groups is 2. The van der Waals surface area contributed by atoms with E-state index in [1.165, 1.54) is 24.3 Å². The second-order valence-corrected chi connectivity index (χ2v) is 7.04. The fourth-order valence-electron chi connectivity index (χ4n) is 3.42. The number of rotatable bonds is 5. The Morgan fingerprint density at radius 3 is 2.13 bits per heavy atom. The highest BCUT2D eigenvalue weighted by atomic mass is 19.1. The number of hydrogen-bond donors (Lipinski definition) is 1. The third kappa shape index (κ3) is 3.81. The molecule has 152 valence electrons. The molecule has 1 aliphatic heterocycles. The lowest BCUT2D eigenvalue weighted by Crippen LogP contribution is -2.32. The van der Waals surface area contributed by atoms with Gasteiger partial charge in [-0.05, 0) is 66.1 Å². The maximum Gasteiger partial charge on any atom is 0.282 e. The maximum atomic E-state index is 13.5. The van der Waals surface area contributed by atoms with Crippen LogP contribution in [0.2, 0.25) is 0 Å². The van der Waals surface area contributed by atoms with Crippen molar-refractivity contribution in [2.75, 3.05) is 10.2 Å². The zero-order chi connectivity index (χ0) is 22.0. The molecule has 3 aromatic rings. The summed E-state index contributed by atoms with van der Waals surface area (Å²) in [5, 5.41) is 12.1. The van der Waals surface area contributed by atoms with Crippen LogP contribution in [0.5, 0.6) is 0 Å². The number of amides is 2. The Morgan fingerprint density at radius 1 is 0.903 bits per heavy atom. The number of aryl methyl sites for hydroxylation is 1. The lowest BCUT2D eigenvalue weighted by molar-refractivity contribution is -0.120. The smallest absolute Gasteiger partial charge is 0.282 e. The van der Waals surface area contributed by atoms with Crippen LogP contribution >= 0.6 is 0 Å². The van der Waals surface area contributed by atoms with E-state index in [2.05, 4.69) is 5.32 Å². The van der Waals surface area contributed by atoms with E-state index in [-0.39, 0.29) is 11.3 Å². The minimum Gasteiger partial charge on any atom is -0.350 e. The second-order valence-electron chi connectivity index (χ2n) is 7.04. The van der Waals surface area contributed by atoms with E-state index < -0.39 is 17.6 Å². The van der Waals surface area contributed by atoms with Crippen LogP contribution in [0.4, 0.5) is 15.8 Å². The Morgan fingerprint density at radius 2 is 1.55 bits per heavy atom. The summed E-state index contributed by atoms with van der Waals surface area (Å²) in [4.78, 5) is 27.7. The lowest BCUT2D eigenvalue weighted by atomic mass is 10.0. The Bertz CT molecular complexity index is 1220. The van der Waals surface area contributed by atoms with Gasteiger partial charge >= 0.3 is 0 Å². The van der Waals surface area contributed by atoms with Gasteiger partial charge in [0.05, 0.1) is 22.9 Å². The molecular formula is C25H18FN3O2. The first-order valence-corrected chi connectivity index (χ1v) is 9.77. The number of imide groups is 1. The average Bonchev–Trinajstić information content (AvgIpc) is 3.04. The van der Waals surface area contributed by atoms with Gasteiger partial charge in [0.15, 0.2) is 0 Å². The van der Waals surface area contributed by atoms with E-state index in [1.54, 1.807) is 24.3 Å². The van der Waals surface area contributed by atoms with Crippen molar-refractivity contribution in [3.05, 3.63) is 101 Å². The molecule has 31 heavy (non-hydrogen) atoms. The fraction of sp³-hybridized carbons (Fsp3) is 0.0800. The first kappa shape index (κ1) is 20.0. The summed E-state index contributed by atoms with van der Waals surface area (Å²) in [5.74, 6) is -1.47. The zero-order valence-electron chi connectivity index (χ0n) is 16.7. The molecule has 0 atom stereocenters. The highest BCUT2D eigenvalue weighted by Gasteiger charge is 2.40. The van der Waals surface area contributed by atoms with Gasteiger partial charge in [-0.1, -0.05) is 31.2 Å². The van der Waals surface area contributed by atoms with Gasteiger partial charge < -0.3 is 5.32 Å². The molecule has 3 aromatic carbocycles. The molecule has 0 aromatic heterocycles. The normalized spacial score (nSPS) is 13.5. The molecule has 0 fully saturated rings. The van der Waals surface area contributed by atoms with Crippen LogP contribution in [-0.2, 0) is 16.0 Å². The number of nitriles is 1. The third-order valence-electron chi connectivity index (χ3n) is 5.10. The van der Waals surface area contributed by atoms with Gasteiger partial charge in [-0.25, -0.2) is 9.29 Å². The molecule has 1 heterocycles. The topological polar surface area (TPSA) is 73.2 Å². The number of nitrogens with one attached hydrogen (secondary N) is 1. The monoisotopic (exact) mass is 411 g/mol. The third-order valence-corrected chi connectivity index (χ3v) is 5.10. The Labute approximate surface area is 179 Å². The summed E-state index contributed by atoms with van der Waals surface area (Å²) in [5.41, 5.74) is 3.29. The van der Waals surface area contributed by atoms with Crippen molar-refractivity contribution < 1.29 is 14.0 Å². The van der Waals surface area contributed by atoms with Crippen LogP contribution in [0, 0.1) is 17.1 Å². The van der Waals surface area contributed by atoms with Crippen LogP contribution in [0.15, 0.2) is 78.5 Å². The van der Waals surface area contributed by atoms with Crippen molar-refractivity contribution in [3.8, 4) is 6.07 Å². The fourth-order valence-corrected chi connectivity index (χ4v) is 3.42. The van der Waals surface area contributed by atoms with Crippen LogP contribution < -0.4 is 10.2 Å². The number of benzene rings is 3. The summed E-state index contributed by atoms with van der Waals surface area (Å²) < 4.78 is 13.5. The molecular weight excluding hydrogens is 393 g/mol. The Balaban J connectivity index is 1.78. The largest absolute Gasteiger partial charge is 0.350 e. The molecule has 1 aliphatic rings. The predicted octanol–water partition coefficient (Wildman–Crippen LogP) is 4.66. The molecule has 0 radical (unpaired) electrons. The molecule has 0 bridgehead atoms. The highest BCUT2D eigenvalue weighted by Crippen LogP contribution is 2.34. The number of halogens is 1. The van der Waals surface area contributed by atoms with E-state index in [1.807, 2.05) is 37.3 Å². The van der Waals surface area contributed by atoms with Crippen LogP contribution in [0.1, 0.15) is 23.6 Å². The van der Waals surface area contributed by atoms with Crippen LogP contribution in [0.25, 0.3) is 5.57 Å². The lowest BCUT2D eigenvalue weighted by Gasteiger charge is -2.15. The summed E-state index contributed by atoms with van der Waals surface area (Å²) in [7, 11) is 0. The standard InChI is InChI=1S/C25H18FN3O2/c1-2-16-3-11-20(12-4-16)28-23-22(18-7-9-19(26)10-8-18)24(30)29(25(23)31)21-13-5-17(15-27)6-14-21/h3-14,28H,2H2,1H3. The Hall–Kier alpha value is -4.24. The zero-order valence-corrected chi connectivity index (χ0v) is 16.7. The van der Waals surface area contributed by atoms with E-state index in [0.717, 1.165) is 16.9 Å². The number of nitrogens with zero attached hydrogens (tertiary/aromatic N) is 2. The molecule has 0 saturated carbocycles. The summed E-state index contributed by atoms with van der Waals surface area (Å²) in [6, 6.07) is 21.2. The van der Waals surface area contributed by atoms with Crippen molar-refractivity contribution in [1.29, 1.82) is 5.26 Å². The Kier molecular flexibility index (Phi) is 5.33. The first-order valence-electron chi connectivity index (χ1n) is 9.77. The van der Waals surface area contributed by atoms with Crippen molar-refractivity contribution in [1.82, 2.24) is 0 Å². The van der Waals surface area contributed by atoms with Gasteiger partial charge in [0.25, 0.3) is 11.8 Å². The molecule has 6 heteroatoms. The van der Waals surface area contributed by atoms with Gasteiger partial charge in [0.1, 0.15) is 11.5 Å². The molecule has 0 unspecified atom stereocenters. The SMILES string of the molecule is CCc1ccc(NC2=C(c3ccc(F)cc3)C(=O)N(c3ccc(C#N)cc3)C2=O)cc1. The van der Waals surface area contributed by atoms with E-state index in [4.69, 9.17) is 5.26 Å². The van der Waals surface area contributed by atoms with E-state index in [9.17, 15) is 14.0 Å². The van der Waals surface area contributed by atoms with E-state index >= 15 is 0 Å². The van der Waals surface area contributed by atoms with Gasteiger partial charge in [-0.2, -0.15) is 5.26 Å². The average molecular weight is 411 g/mol. The van der Waals surface area contributed by atoms with Crippen LogP contribution in [0.3, 0.4) is 0 Å². The maximum absolute atomic E-state index is 13.5. The molecule has 0 spiro atoms.